The molecule has 3 N–H and O–H groups in total. The molecule has 0 aliphatic heterocycles. The highest BCUT2D eigenvalue weighted by atomic mass is 16.5. The second kappa shape index (κ2) is 4.98. The molecular weight excluding hydrogens is 218 g/mol. The van der Waals surface area contributed by atoms with Crippen molar-refractivity contribution in [2.75, 3.05) is 5.32 Å². The van der Waals surface area contributed by atoms with E-state index in [0.717, 1.165) is 0 Å². The van der Waals surface area contributed by atoms with Gasteiger partial charge in [0.25, 0.3) is 0 Å². The maximum Gasteiger partial charge on any atom is 0.316 e. The number of rotatable bonds is 3. The van der Waals surface area contributed by atoms with Crippen LogP contribution >= 0.6 is 0 Å². The third kappa shape index (κ3) is 3.20. The van der Waals surface area contributed by atoms with Gasteiger partial charge in [0.15, 0.2) is 0 Å². The molecule has 1 aromatic heterocycles. The number of carbonyl (C=O) groups is 1. The minimum atomic E-state index is -0.608. The van der Waals surface area contributed by atoms with Gasteiger partial charge >= 0.3 is 6.03 Å². The van der Waals surface area contributed by atoms with Gasteiger partial charge < -0.3 is 15.8 Å². The van der Waals surface area contributed by atoms with Crippen molar-refractivity contribution in [2.45, 2.75) is 0 Å². The Balaban J connectivity index is 2.14. The first-order valence-electron chi connectivity index (χ1n) is 4.98. The van der Waals surface area contributed by atoms with Crippen LogP contribution in [0.3, 0.4) is 0 Å². The summed E-state index contributed by atoms with van der Waals surface area (Å²) in [5.74, 6) is 1.23. The number of pyridine rings is 1. The summed E-state index contributed by atoms with van der Waals surface area (Å²) >= 11 is 0. The SMILES string of the molecule is NC(=O)Nc1cccc(Oc2cccnc2)c1. The molecular formula is C12H11N3O2. The fourth-order valence-corrected chi connectivity index (χ4v) is 1.32. The largest absolute Gasteiger partial charge is 0.456 e. The maximum atomic E-state index is 10.7. The number of nitrogens with zero attached hydrogens (tertiary/aromatic N) is 1. The van der Waals surface area contributed by atoms with Crippen molar-refractivity contribution in [1.29, 1.82) is 0 Å². The highest BCUT2D eigenvalue weighted by Crippen LogP contribution is 2.23. The Kier molecular flexibility index (Phi) is 3.20. The molecule has 5 heteroatoms. The highest BCUT2D eigenvalue weighted by Gasteiger charge is 2.00. The Hall–Kier alpha value is -2.56. The average molecular weight is 229 g/mol. The van der Waals surface area contributed by atoms with Crippen LogP contribution in [-0.4, -0.2) is 11.0 Å². The molecule has 0 saturated carbocycles. The third-order valence-electron chi connectivity index (χ3n) is 1.97. The van der Waals surface area contributed by atoms with Crippen molar-refractivity contribution < 1.29 is 9.53 Å². The zero-order chi connectivity index (χ0) is 12.1. The number of amides is 2. The van der Waals surface area contributed by atoms with Gasteiger partial charge in [-0.3, -0.25) is 4.98 Å². The molecule has 0 atom stereocenters. The maximum absolute atomic E-state index is 10.7. The molecule has 2 amide bonds. The lowest BCUT2D eigenvalue weighted by atomic mass is 10.3. The zero-order valence-corrected chi connectivity index (χ0v) is 8.96. The van der Waals surface area contributed by atoms with Gasteiger partial charge in [-0.25, -0.2) is 4.79 Å². The van der Waals surface area contributed by atoms with Gasteiger partial charge in [-0.15, -0.1) is 0 Å². The van der Waals surface area contributed by atoms with Crippen LogP contribution in [0.15, 0.2) is 48.8 Å². The predicted octanol–water partition coefficient (Wildman–Crippen LogP) is 2.36. The number of nitrogens with one attached hydrogen (secondary N) is 1. The average Bonchev–Trinajstić information content (AvgIpc) is 2.30. The van der Waals surface area contributed by atoms with Crippen LogP contribution < -0.4 is 15.8 Å². The molecule has 0 aliphatic rings. The van der Waals surface area contributed by atoms with E-state index in [1.165, 1.54) is 0 Å². The van der Waals surface area contributed by atoms with E-state index in [1.54, 1.807) is 48.8 Å². The first-order valence-corrected chi connectivity index (χ1v) is 4.98. The molecule has 5 nitrogen and oxygen atoms in total. The van der Waals surface area contributed by atoms with E-state index in [-0.39, 0.29) is 0 Å². The van der Waals surface area contributed by atoms with Crippen LogP contribution in [0.5, 0.6) is 11.5 Å². The molecule has 2 aromatic rings. The van der Waals surface area contributed by atoms with Gasteiger partial charge in [0.2, 0.25) is 0 Å². The number of hydrogen-bond acceptors (Lipinski definition) is 3. The van der Waals surface area contributed by atoms with E-state index in [2.05, 4.69) is 10.3 Å². The van der Waals surface area contributed by atoms with Gasteiger partial charge in [-0.05, 0) is 24.3 Å². The number of primary amides is 1. The number of carbonyl (C=O) groups excluding carboxylic acids is 1. The lowest BCUT2D eigenvalue weighted by molar-refractivity contribution is 0.259. The smallest absolute Gasteiger partial charge is 0.316 e. The molecule has 0 radical (unpaired) electrons. The van der Waals surface area contributed by atoms with E-state index >= 15 is 0 Å². The van der Waals surface area contributed by atoms with Gasteiger partial charge in [0.1, 0.15) is 11.5 Å². The van der Waals surface area contributed by atoms with Crippen molar-refractivity contribution in [3.63, 3.8) is 0 Å². The van der Waals surface area contributed by atoms with Gasteiger partial charge in [0.05, 0.1) is 6.20 Å². The molecule has 17 heavy (non-hydrogen) atoms. The summed E-state index contributed by atoms with van der Waals surface area (Å²) in [7, 11) is 0. The minimum Gasteiger partial charge on any atom is -0.456 e. The number of urea groups is 1. The summed E-state index contributed by atoms with van der Waals surface area (Å²) in [6.45, 7) is 0. The monoisotopic (exact) mass is 229 g/mol. The fourth-order valence-electron chi connectivity index (χ4n) is 1.32. The zero-order valence-electron chi connectivity index (χ0n) is 8.96. The quantitative estimate of drug-likeness (QED) is 0.848. The van der Waals surface area contributed by atoms with Gasteiger partial charge in [0, 0.05) is 18.0 Å². The van der Waals surface area contributed by atoms with Crippen LogP contribution in [-0.2, 0) is 0 Å². The summed E-state index contributed by atoms with van der Waals surface area (Å²) in [6, 6.07) is 9.90. The van der Waals surface area contributed by atoms with Gasteiger partial charge in [-0.1, -0.05) is 6.07 Å². The van der Waals surface area contributed by atoms with Crippen molar-refractivity contribution in [1.82, 2.24) is 4.98 Å². The second-order valence-corrected chi connectivity index (χ2v) is 3.31. The predicted molar refractivity (Wildman–Crippen MR) is 64.0 cm³/mol. The van der Waals surface area contributed by atoms with Crippen molar-refractivity contribution in [3.8, 4) is 11.5 Å². The molecule has 1 heterocycles. The molecule has 0 saturated heterocycles. The summed E-state index contributed by atoms with van der Waals surface area (Å²) < 4.78 is 5.55. The molecule has 0 spiro atoms. The molecule has 2 rings (SSSR count). The lowest BCUT2D eigenvalue weighted by Crippen LogP contribution is -2.19. The Morgan fingerprint density at radius 2 is 2.06 bits per heavy atom. The summed E-state index contributed by atoms with van der Waals surface area (Å²) in [5.41, 5.74) is 5.61. The van der Waals surface area contributed by atoms with Crippen LogP contribution in [0.25, 0.3) is 0 Å². The third-order valence-corrected chi connectivity index (χ3v) is 1.97. The topological polar surface area (TPSA) is 77.2 Å². The van der Waals surface area contributed by atoms with Crippen LogP contribution in [0.2, 0.25) is 0 Å². The molecule has 0 bridgehead atoms. The highest BCUT2D eigenvalue weighted by molar-refractivity contribution is 5.87. The molecule has 0 fully saturated rings. The molecule has 0 aliphatic carbocycles. The number of aromatic nitrogens is 1. The first-order chi connectivity index (χ1) is 8.24. The van der Waals surface area contributed by atoms with Crippen LogP contribution in [0.4, 0.5) is 10.5 Å². The number of benzene rings is 1. The minimum absolute atomic E-state index is 0.582. The van der Waals surface area contributed by atoms with E-state index in [0.29, 0.717) is 17.2 Å². The molecule has 86 valence electrons. The van der Waals surface area contributed by atoms with Crippen molar-refractivity contribution in [2.24, 2.45) is 5.73 Å². The fraction of sp³-hybridized carbons (Fsp3) is 0. The van der Waals surface area contributed by atoms with E-state index in [1.807, 2.05) is 0 Å². The Labute approximate surface area is 98.2 Å². The normalized spacial score (nSPS) is 9.65. The molecule has 0 unspecified atom stereocenters. The number of anilines is 1. The molecule has 1 aromatic carbocycles. The van der Waals surface area contributed by atoms with Gasteiger partial charge in [-0.2, -0.15) is 0 Å². The number of hydrogen-bond donors (Lipinski definition) is 2. The first kappa shape index (κ1) is 10.9. The number of nitrogens with two attached hydrogens (primary N) is 1. The van der Waals surface area contributed by atoms with Crippen LogP contribution in [0, 0.1) is 0 Å². The van der Waals surface area contributed by atoms with E-state index in [4.69, 9.17) is 10.5 Å². The lowest BCUT2D eigenvalue weighted by Gasteiger charge is -2.07. The summed E-state index contributed by atoms with van der Waals surface area (Å²) in [6.07, 6.45) is 3.27. The van der Waals surface area contributed by atoms with Crippen molar-refractivity contribution >= 4 is 11.7 Å². The summed E-state index contributed by atoms with van der Waals surface area (Å²) in [4.78, 5) is 14.6. The Morgan fingerprint density at radius 3 is 2.76 bits per heavy atom. The summed E-state index contributed by atoms with van der Waals surface area (Å²) in [5, 5.41) is 2.47. The standard InChI is InChI=1S/C12H11N3O2/c13-12(16)15-9-3-1-4-10(7-9)17-11-5-2-6-14-8-11/h1-8H,(H3,13,15,16). The number of ether oxygens (including phenoxy) is 1. The van der Waals surface area contributed by atoms with E-state index < -0.39 is 6.03 Å². The second-order valence-electron chi connectivity index (χ2n) is 3.31. The van der Waals surface area contributed by atoms with Crippen LogP contribution in [0.1, 0.15) is 0 Å². The van der Waals surface area contributed by atoms with Crippen molar-refractivity contribution in [3.05, 3.63) is 48.8 Å². The van der Waals surface area contributed by atoms with E-state index in [9.17, 15) is 4.79 Å². The Bertz CT molecular complexity index is 514. The Morgan fingerprint density at radius 1 is 1.24 bits per heavy atom.